The molecule has 98 valence electrons. The lowest BCUT2D eigenvalue weighted by atomic mass is 10.2. The number of hydrogen-bond donors (Lipinski definition) is 3. The molecule has 0 saturated carbocycles. The van der Waals surface area contributed by atoms with Gasteiger partial charge >= 0.3 is 0 Å². The summed E-state index contributed by atoms with van der Waals surface area (Å²) in [6.45, 7) is 2.11. The molecule has 0 radical (unpaired) electrons. The molecule has 16 heavy (non-hydrogen) atoms. The minimum absolute atomic E-state index is 0.0122. The topological polar surface area (TPSA) is 88.4 Å². The van der Waals surface area contributed by atoms with Gasteiger partial charge < -0.3 is 29.5 Å². The standard InChI is InChI=1S/C10H22O6/c11-1-4-14-7-10(8-15-5-2-12)9-16-6-3-13/h10-13H,1-9H2. The van der Waals surface area contributed by atoms with E-state index in [2.05, 4.69) is 0 Å². The third kappa shape index (κ3) is 10.3. The van der Waals surface area contributed by atoms with Crippen molar-refractivity contribution in [1.82, 2.24) is 0 Å². The maximum absolute atomic E-state index is 8.55. The Balaban J connectivity index is 3.58. The zero-order chi connectivity index (χ0) is 12.1. The van der Waals surface area contributed by atoms with Crippen LogP contribution in [0.5, 0.6) is 0 Å². The zero-order valence-electron chi connectivity index (χ0n) is 9.51. The molecular formula is C10H22O6. The summed E-state index contributed by atoms with van der Waals surface area (Å²) in [6.07, 6.45) is 0. The molecule has 0 aromatic heterocycles. The molecule has 0 amide bonds. The summed E-state index contributed by atoms with van der Waals surface area (Å²) in [5.41, 5.74) is 0. The smallest absolute Gasteiger partial charge is 0.0697 e. The van der Waals surface area contributed by atoms with E-state index in [1.807, 2.05) is 0 Å². The van der Waals surface area contributed by atoms with Crippen LogP contribution >= 0.6 is 0 Å². The lowest BCUT2D eigenvalue weighted by molar-refractivity contribution is -0.0225. The van der Waals surface area contributed by atoms with Gasteiger partial charge in [0.1, 0.15) is 0 Å². The first-order valence-electron chi connectivity index (χ1n) is 5.41. The lowest BCUT2D eigenvalue weighted by Crippen LogP contribution is -2.24. The van der Waals surface area contributed by atoms with Crippen molar-refractivity contribution in [3.63, 3.8) is 0 Å². The molecular weight excluding hydrogens is 216 g/mol. The summed E-state index contributed by atoms with van der Waals surface area (Å²) in [5.74, 6) is 0.0460. The summed E-state index contributed by atoms with van der Waals surface area (Å²) in [5, 5.41) is 25.7. The van der Waals surface area contributed by atoms with Crippen LogP contribution in [0.1, 0.15) is 0 Å². The molecule has 0 unspecified atom stereocenters. The fraction of sp³-hybridized carbons (Fsp3) is 1.00. The molecule has 0 atom stereocenters. The van der Waals surface area contributed by atoms with E-state index in [4.69, 9.17) is 29.5 Å². The molecule has 0 bridgehead atoms. The number of ether oxygens (including phenoxy) is 3. The van der Waals surface area contributed by atoms with Gasteiger partial charge in [0.2, 0.25) is 0 Å². The first kappa shape index (κ1) is 15.8. The first-order valence-corrected chi connectivity index (χ1v) is 5.41. The molecule has 0 aliphatic carbocycles. The van der Waals surface area contributed by atoms with Crippen molar-refractivity contribution < 1.29 is 29.5 Å². The summed E-state index contributed by atoms with van der Waals surface area (Å²) < 4.78 is 15.5. The minimum Gasteiger partial charge on any atom is -0.394 e. The minimum atomic E-state index is -0.0122. The lowest BCUT2D eigenvalue weighted by Gasteiger charge is -2.16. The highest BCUT2D eigenvalue weighted by molar-refractivity contribution is 4.56. The van der Waals surface area contributed by atoms with Gasteiger partial charge in [-0.2, -0.15) is 0 Å². The van der Waals surface area contributed by atoms with Gasteiger partial charge in [0.25, 0.3) is 0 Å². The Hall–Kier alpha value is -0.240. The fourth-order valence-corrected chi connectivity index (χ4v) is 1.09. The third-order valence-corrected chi connectivity index (χ3v) is 1.77. The van der Waals surface area contributed by atoms with Crippen molar-refractivity contribution in [3.8, 4) is 0 Å². The largest absolute Gasteiger partial charge is 0.394 e. The van der Waals surface area contributed by atoms with Gasteiger partial charge in [-0.05, 0) is 0 Å². The Morgan fingerprint density at radius 1 is 0.625 bits per heavy atom. The summed E-state index contributed by atoms with van der Waals surface area (Å²) in [7, 11) is 0. The van der Waals surface area contributed by atoms with E-state index in [0.717, 1.165) is 0 Å². The molecule has 0 aliphatic heterocycles. The molecule has 0 spiro atoms. The molecule has 0 heterocycles. The molecule has 0 aromatic rings. The van der Waals surface area contributed by atoms with E-state index in [1.54, 1.807) is 0 Å². The predicted octanol–water partition coefficient (Wildman–Crippen LogP) is -1.37. The Labute approximate surface area is 95.7 Å². The van der Waals surface area contributed by atoms with E-state index in [1.165, 1.54) is 0 Å². The quantitative estimate of drug-likeness (QED) is 0.364. The number of rotatable bonds is 12. The third-order valence-electron chi connectivity index (χ3n) is 1.77. The van der Waals surface area contributed by atoms with Crippen molar-refractivity contribution in [2.45, 2.75) is 0 Å². The Bertz CT molecular complexity index is 109. The van der Waals surface area contributed by atoms with Crippen molar-refractivity contribution in [2.24, 2.45) is 5.92 Å². The highest BCUT2D eigenvalue weighted by atomic mass is 16.5. The van der Waals surface area contributed by atoms with Crippen molar-refractivity contribution in [1.29, 1.82) is 0 Å². The average Bonchev–Trinajstić information content (AvgIpc) is 2.29. The van der Waals surface area contributed by atoms with Gasteiger partial charge in [0.15, 0.2) is 0 Å². The number of aliphatic hydroxyl groups excluding tert-OH is 3. The highest BCUT2D eigenvalue weighted by Crippen LogP contribution is 2.00. The van der Waals surface area contributed by atoms with Crippen LogP contribution in [0.25, 0.3) is 0 Å². The molecule has 6 nitrogen and oxygen atoms in total. The molecule has 3 N–H and O–H groups in total. The van der Waals surface area contributed by atoms with Crippen molar-refractivity contribution in [2.75, 3.05) is 59.5 Å². The summed E-state index contributed by atoms with van der Waals surface area (Å²) >= 11 is 0. The second-order valence-corrected chi connectivity index (χ2v) is 3.26. The molecule has 0 aromatic carbocycles. The van der Waals surface area contributed by atoms with Gasteiger partial charge in [-0.3, -0.25) is 0 Å². The first-order chi connectivity index (χ1) is 7.85. The van der Waals surface area contributed by atoms with Gasteiger partial charge in [-0.1, -0.05) is 0 Å². The number of hydrogen-bond acceptors (Lipinski definition) is 6. The maximum Gasteiger partial charge on any atom is 0.0697 e. The SMILES string of the molecule is OCCOCC(COCCO)COCCO. The van der Waals surface area contributed by atoms with Crippen LogP contribution in [0.2, 0.25) is 0 Å². The van der Waals surface area contributed by atoms with Gasteiger partial charge in [-0.15, -0.1) is 0 Å². The molecule has 6 heteroatoms. The Morgan fingerprint density at radius 2 is 0.938 bits per heavy atom. The normalized spacial score (nSPS) is 11.2. The van der Waals surface area contributed by atoms with E-state index in [0.29, 0.717) is 19.8 Å². The van der Waals surface area contributed by atoms with Crippen LogP contribution in [0.4, 0.5) is 0 Å². The maximum atomic E-state index is 8.55. The second-order valence-electron chi connectivity index (χ2n) is 3.26. The van der Waals surface area contributed by atoms with Gasteiger partial charge in [-0.25, -0.2) is 0 Å². The highest BCUT2D eigenvalue weighted by Gasteiger charge is 2.09. The molecule has 0 aliphatic rings. The van der Waals surface area contributed by atoms with E-state index in [-0.39, 0.29) is 45.6 Å². The average molecular weight is 238 g/mol. The van der Waals surface area contributed by atoms with Crippen molar-refractivity contribution in [3.05, 3.63) is 0 Å². The summed E-state index contributed by atoms with van der Waals surface area (Å²) in [4.78, 5) is 0. The van der Waals surface area contributed by atoms with Crippen LogP contribution in [-0.4, -0.2) is 74.8 Å². The van der Waals surface area contributed by atoms with Crippen molar-refractivity contribution >= 4 is 0 Å². The van der Waals surface area contributed by atoms with Gasteiger partial charge in [0, 0.05) is 5.92 Å². The monoisotopic (exact) mass is 238 g/mol. The second kappa shape index (κ2) is 12.8. The van der Waals surface area contributed by atoms with E-state index >= 15 is 0 Å². The van der Waals surface area contributed by atoms with Gasteiger partial charge in [0.05, 0.1) is 59.5 Å². The molecule has 0 saturated heterocycles. The predicted molar refractivity (Wildman–Crippen MR) is 57.2 cm³/mol. The van der Waals surface area contributed by atoms with Crippen LogP contribution in [0.3, 0.4) is 0 Å². The molecule has 0 rings (SSSR count). The van der Waals surface area contributed by atoms with Crippen LogP contribution in [0.15, 0.2) is 0 Å². The van der Waals surface area contributed by atoms with E-state index in [9.17, 15) is 0 Å². The van der Waals surface area contributed by atoms with Crippen LogP contribution in [0, 0.1) is 5.92 Å². The van der Waals surface area contributed by atoms with E-state index < -0.39 is 0 Å². The number of aliphatic hydroxyl groups is 3. The molecule has 0 fully saturated rings. The Kier molecular flexibility index (Phi) is 12.6. The zero-order valence-corrected chi connectivity index (χ0v) is 9.51. The van der Waals surface area contributed by atoms with Crippen LogP contribution in [-0.2, 0) is 14.2 Å². The fourth-order valence-electron chi connectivity index (χ4n) is 1.09. The Morgan fingerprint density at radius 3 is 1.19 bits per heavy atom. The van der Waals surface area contributed by atoms with Crippen LogP contribution < -0.4 is 0 Å². The summed E-state index contributed by atoms with van der Waals surface area (Å²) in [6, 6.07) is 0.